The lowest BCUT2D eigenvalue weighted by atomic mass is 10.1. The average Bonchev–Trinajstić information content (AvgIpc) is 3.17. The largest absolute Gasteiger partial charge is 1.00 e. The quantitative estimate of drug-likeness (QED) is 0.166. The lowest BCUT2D eigenvalue weighted by Crippen LogP contribution is -3.07. The van der Waals surface area contributed by atoms with Crippen molar-refractivity contribution in [2.75, 3.05) is 40.5 Å². The standard InChI is InChI=1S/C18H36N6.2HI/c1-21-15-19-23(17-21)13-11-9-7-5-3-4-6-8-10-12-14-24-18-22(2)16-20-24;;/h15-16H,3-14,17-18H2,1-2H3;2*1H. The predicted molar refractivity (Wildman–Crippen MR) is 100 cm³/mol. The highest BCUT2D eigenvalue weighted by atomic mass is 127. The van der Waals surface area contributed by atoms with E-state index < -0.39 is 0 Å². The molecule has 2 aliphatic rings. The van der Waals surface area contributed by atoms with Gasteiger partial charge in [0.15, 0.2) is 26.0 Å². The van der Waals surface area contributed by atoms with Crippen LogP contribution in [0.4, 0.5) is 0 Å². The molecular formula is C18H38I2N6. The fourth-order valence-corrected chi connectivity index (χ4v) is 3.46. The van der Waals surface area contributed by atoms with Crippen LogP contribution >= 0.6 is 0 Å². The van der Waals surface area contributed by atoms with Gasteiger partial charge >= 0.3 is 0 Å². The Balaban J connectivity index is 0.00000312. The van der Waals surface area contributed by atoms with Crippen molar-refractivity contribution in [2.45, 2.75) is 64.2 Å². The molecule has 0 saturated heterocycles. The smallest absolute Gasteiger partial charge is 0.177 e. The molecule has 6 nitrogen and oxygen atoms in total. The molecular weight excluding hydrogens is 554 g/mol. The molecule has 154 valence electrons. The van der Waals surface area contributed by atoms with Gasteiger partial charge in [0.2, 0.25) is 0 Å². The van der Waals surface area contributed by atoms with E-state index in [0.29, 0.717) is 0 Å². The van der Waals surface area contributed by atoms with E-state index in [1.165, 1.54) is 87.3 Å². The third-order valence-corrected chi connectivity index (χ3v) is 4.92. The average molecular weight is 592 g/mol. The molecule has 0 aromatic heterocycles. The van der Waals surface area contributed by atoms with Crippen LogP contribution in [0.2, 0.25) is 0 Å². The van der Waals surface area contributed by atoms with E-state index in [1.54, 1.807) is 0 Å². The third-order valence-electron chi connectivity index (χ3n) is 4.92. The minimum Gasteiger partial charge on any atom is -1.00 e. The summed E-state index contributed by atoms with van der Waals surface area (Å²) in [5.41, 5.74) is 0. The van der Waals surface area contributed by atoms with Crippen LogP contribution < -0.4 is 58.0 Å². The molecule has 2 atom stereocenters. The van der Waals surface area contributed by atoms with E-state index in [9.17, 15) is 0 Å². The molecule has 2 rings (SSSR count). The molecule has 0 spiro atoms. The highest BCUT2D eigenvalue weighted by Gasteiger charge is 2.15. The maximum Gasteiger partial charge on any atom is 0.177 e. The Morgan fingerprint density at radius 3 is 1.19 bits per heavy atom. The van der Waals surface area contributed by atoms with Crippen molar-refractivity contribution in [3.05, 3.63) is 0 Å². The molecule has 8 heteroatoms. The topological polar surface area (TPSA) is 40.1 Å². The van der Waals surface area contributed by atoms with Gasteiger partial charge in [-0.15, -0.1) is 0 Å². The fourth-order valence-electron chi connectivity index (χ4n) is 3.46. The number of quaternary nitrogens is 2. The number of hydrogen-bond acceptors (Lipinski definition) is 4. The second kappa shape index (κ2) is 16.3. The van der Waals surface area contributed by atoms with Crippen molar-refractivity contribution < 1.29 is 58.0 Å². The molecule has 2 aliphatic heterocycles. The highest BCUT2D eigenvalue weighted by Crippen LogP contribution is 2.10. The van der Waals surface area contributed by atoms with Crippen molar-refractivity contribution in [2.24, 2.45) is 10.2 Å². The van der Waals surface area contributed by atoms with Gasteiger partial charge in [-0.2, -0.15) is 10.0 Å². The van der Waals surface area contributed by atoms with E-state index in [-0.39, 0.29) is 48.0 Å². The summed E-state index contributed by atoms with van der Waals surface area (Å²) in [5.74, 6) is 0. The molecule has 2 unspecified atom stereocenters. The molecule has 2 heterocycles. The van der Waals surface area contributed by atoms with E-state index in [4.69, 9.17) is 0 Å². The summed E-state index contributed by atoms with van der Waals surface area (Å²) >= 11 is 0. The first kappa shape index (κ1) is 26.3. The van der Waals surface area contributed by atoms with Crippen LogP contribution in [0.25, 0.3) is 0 Å². The zero-order valence-electron chi connectivity index (χ0n) is 16.6. The number of nitrogens with zero attached hydrogens (tertiary/aromatic N) is 4. The second-order valence-electron chi connectivity index (χ2n) is 7.49. The molecule has 2 N–H and O–H groups in total. The van der Waals surface area contributed by atoms with Crippen LogP contribution in [0.3, 0.4) is 0 Å². The molecule has 0 radical (unpaired) electrons. The molecule has 0 aliphatic carbocycles. The van der Waals surface area contributed by atoms with Crippen LogP contribution in [0.1, 0.15) is 64.2 Å². The Bertz CT molecular complexity index is 358. The second-order valence-corrected chi connectivity index (χ2v) is 7.49. The third kappa shape index (κ3) is 11.9. The first-order valence-electron chi connectivity index (χ1n) is 9.92. The molecule has 0 amide bonds. The maximum atomic E-state index is 4.43. The van der Waals surface area contributed by atoms with Crippen LogP contribution in [0.5, 0.6) is 0 Å². The van der Waals surface area contributed by atoms with E-state index in [0.717, 1.165) is 13.3 Å². The summed E-state index contributed by atoms with van der Waals surface area (Å²) in [6.07, 6.45) is 17.7. The maximum absolute atomic E-state index is 4.43. The van der Waals surface area contributed by atoms with E-state index in [1.807, 2.05) is 12.7 Å². The summed E-state index contributed by atoms with van der Waals surface area (Å²) in [6.45, 7) is 4.48. The Morgan fingerprint density at radius 1 is 0.615 bits per heavy atom. The summed E-state index contributed by atoms with van der Waals surface area (Å²) < 4.78 is 0. The molecule has 0 bridgehead atoms. The van der Waals surface area contributed by atoms with Gasteiger partial charge in [0.25, 0.3) is 0 Å². The van der Waals surface area contributed by atoms with Gasteiger partial charge in [0.05, 0.1) is 0 Å². The SMILES string of the molecule is CN1C=N[NH+](CCCCCCCCCCCC[NH+]2CN(C)C=N2)C1.[I-].[I-]. The molecule has 0 aromatic rings. The first-order chi connectivity index (χ1) is 11.7. The van der Waals surface area contributed by atoms with Gasteiger partial charge in [0, 0.05) is 14.1 Å². The summed E-state index contributed by atoms with van der Waals surface area (Å²) in [6, 6.07) is 0. The Morgan fingerprint density at radius 2 is 0.923 bits per heavy atom. The Hall–Kier alpha value is 0.320. The van der Waals surface area contributed by atoms with Crippen LogP contribution in [-0.4, -0.2) is 63.0 Å². The summed E-state index contributed by atoms with van der Waals surface area (Å²) in [7, 11) is 4.19. The van der Waals surface area contributed by atoms with Crippen molar-refractivity contribution in [1.29, 1.82) is 0 Å². The van der Waals surface area contributed by atoms with E-state index in [2.05, 4.69) is 34.1 Å². The Kier molecular flexibility index (Phi) is 16.5. The summed E-state index contributed by atoms with van der Waals surface area (Å²) in [5, 5.41) is 11.6. The minimum atomic E-state index is 0. The van der Waals surface area contributed by atoms with Gasteiger partial charge in [-0.3, -0.25) is 0 Å². The molecule has 0 aromatic carbocycles. The predicted octanol–water partition coefficient (Wildman–Crippen LogP) is -5.64. The van der Waals surface area contributed by atoms with Crippen molar-refractivity contribution >= 4 is 12.7 Å². The lowest BCUT2D eigenvalue weighted by Gasteiger charge is -2.10. The minimum absolute atomic E-state index is 0. The lowest BCUT2D eigenvalue weighted by molar-refractivity contribution is -0.907. The van der Waals surface area contributed by atoms with Crippen LogP contribution in [0.15, 0.2) is 10.2 Å². The first-order valence-corrected chi connectivity index (χ1v) is 9.92. The fraction of sp³-hybridized carbons (Fsp3) is 0.889. The summed E-state index contributed by atoms with van der Waals surface area (Å²) in [4.78, 5) is 4.32. The van der Waals surface area contributed by atoms with Gasteiger partial charge < -0.3 is 57.8 Å². The van der Waals surface area contributed by atoms with E-state index >= 15 is 0 Å². The zero-order valence-corrected chi connectivity index (χ0v) is 20.9. The normalized spacial score (nSPS) is 21.2. The van der Waals surface area contributed by atoms with Crippen molar-refractivity contribution in [3.8, 4) is 0 Å². The van der Waals surface area contributed by atoms with Crippen LogP contribution in [0, 0.1) is 0 Å². The number of rotatable bonds is 13. The zero-order chi connectivity index (χ0) is 17.0. The van der Waals surface area contributed by atoms with Crippen LogP contribution in [-0.2, 0) is 0 Å². The van der Waals surface area contributed by atoms with Crippen molar-refractivity contribution in [3.63, 3.8) is 0 Å². The highest BCUT2D eigenvalue weighted by molar-refractivity contribution is 5.54. The molecule has 0 saturated carbocycles. The number of hydrogen-bond donors (Lipinski definition) is 2. The van der Waals surface area contributed by atoms with Gasteiger partial charge in [0.1, 0.15) is 13.1 Å². The van der Waals surface area contributed by atoms with Gasteiger partial charge in [-0.25, -0.2) is 0 Å². The van der Waals surface area contributed by atoms with Gasteiger partial charge in [-0.05, 0) is 25.7 Å². The number of unbranched alkanes of at least 4 members (excludes halogenated alkanes) is 9. The molecule has 26 heavy (non-hydrogen) atoms. The van der Waals surface area contributed by atoms with Gasteiger partial charge in [-0.1, -0.05) is 48.7 Å². The van der Waals surface area contributed by atoms with Crippen molar-refractivity contribution in [1.82, 2.24) is 9.80 Å². The monoisotopic (exact) mass is 592 g/mol. The Labute approximate surface area is 194 Å². The molecule has 0 fully saturated rings. The number of nitrogens with one attached hydrogen (secondary N) is 2. The number of halogens is 2.